The molecule has 0 aromatic heterocycles. The lowest BCUT2D eigenvalue weighted by atomic mass is 10.3. The second kappa shape index (κ2) is 3.13. The van der Waals surface area contributed by atoms with Crippen LogP contribution < -0.4 is 4.74 Å². The molecule has 1 aromatic carbocycles. The summed E-state index contributed by atoms with van der Waals surface area (Å²) < 4.78 is 4.88. The number of ether oxygens (including phenoxy) is 1. The summed E-state index contributed by atoms with van der Waals surface area (Å²) in [4.78, 5) is 0. The standard InChI is InChI=1S/C7H5Cl2O/c1-10-6-4-2-3-5(8)7(6)9/h3-4H,1H3. The van der Waals surface area contributed by atoms with Crippen LogP contribution >= 0.6 is 23.2 Å². The molecule has 1 rings (SSSR count). The molecule has 0 fully saturated rings. The molecule has 1 nitrogen and oxygen atoms in total. The second-order valence-corrected chi connectivity index (χ2v) is 2.47. The third-order valence-electron chi connectivity index (χ3n) is 1.07. The highest BCUT2D eigenvalue weighted by molar-refractivity contribution is 6.42. The van der Waals surface area contributed by atoms with E-state index in [-0.39, 0.29) is 0 Å². The number of halogens is 2. The Morgan fingerprint density at radius 3 is 2.60 bits per heavy atom. The lowest BCUT2D eigenvalue weighted by Crippen LogP contribution is -1.83. The van der Waals surface area contributed by atoms with Gasteiger partial charge in [-0.2, -0.15) is 0 Å². The van der Waals surface area contributed by atoms with E-state index in [2.05, 4.69) is 6.07 Å². The fourth-order valence-corrected chi connectivity index (χ4v) is 0.926. The molecule has 0 saturated carbocycles. The van der Waals surface area contributed by atoms with E-state index in [0.29, 0.717) is 15.8 Å². The van der Waals surface area contributed by atoms with E-state index in [4.69, 9.17) is 27.9 Å². The Balaban J connectivity index is 3.14. The fraction of sp³-hybridized carbons (Fsp3) is 0.143. The van der Waals surface area contributed by atoms with Gasteiger partial charge in [-0.15, -0.1) is 0 Å². The van der Waals surface area contributed by atoms with Crippen molar-refractivity contribution in [2.45, 2.75) is 0 Å². The van der Waals surface area contributed by atoms with E-state index < -0.39 is 0 Å². The first kappa shape index (κ1) is 7.70. The Kier molecular flexibility index (Phi) is 2.41. The smallest absolute Gasteiger partial charge is 0.139 e. The highest BCUT2D eigenvalue weighted by atomic mass is 35.5. The summed E-state index contributed by atoms with van der Waals surface area (Å²) >= 11 is 11.4. The Morgan fingerprint density at radius 2 is 2.10 bits per heavy atom. The molecule has 0 aliphatic rings. The van der Waals surface area contributed by atoms with Crippen molar-refractivity contribution >= 4 is 23.2 Å². The van der Waals surface area contributed by atoms with Gasteiger partial charge in [0.2, 0.25) is 0 Å². The monoisotopic (exact) mass is 175 g/mol. The molecule has 0 spiro atoms. The predicted octanol–water partition coefficient (Wildman–Crippen LogP) is 2.80. The lowest BCUT2D eigenvalue weighted by Gasteiger charge is -2.01. The summed E-state index contributed by atoms with van der Waals surface area (Å²) in [6.07, 6.45) is 0. The van der Waals surface area contributed by atoms with Crippen molar-refractivity contribution in [3.8, 4) is 5.75 Å². The van der Waals surface area contributed by atoms with Gasteiger partial charge >= 0.3 is 0 Å². The van der Waals surface area contributed by atoms with Crippen LogP contribution in [0.15, 0.2) is 12.1 Å². The van der Waals surface area contributed by atoms with Crippen molar-refractivity contribution in [2.75, 3.05) is 7.11 Å². The fourth-order valence-electron chi connectivity index (χ4n) is 0.583. The maximum Gasteiger partial charge on any atom is 0.139 e. The number of hydrogen-bond acceptors (Lipinski definition) is 1. The molecule has 0 unspecified atom stereocenters. The highest BCUT2D eigenvalue weighted by Gasteiger charge is 2.02. The summed E-state index contributed by atoms with van der Waals surface area (Å²) in [6, 6.07) is 6.00. The maximum absolute atomic E-state index is 5.72. The van der Waals surface area contributed by atoms with Gasteiger partial charge in [-0.25, -0.2) is 0 Å². The minimum atomic E-state index is 0.433. The van der Waals surface area contributed by atoms with Gasteiger partial charge in [-0.1, -0.05) is 23.2 Å². The Labute approximate surface area is 69.5 Å². The van der Waals surface area contributed by atoms with E-state index in [0.717, 1.165) is 0 Å². The average molecular weight is 176 g/mol. The molecule has 0 saturated heterocycles. The summed E-state index contributed by atoms with van der Waals surface area (Å²) in [5, 5.41) is 0.893. The van der Waals surface area contributed by atoms with E-state index in [1.807, 2.05) is 0 Å². The number of hydrogen-bond donors (Lipinski definition) is 0. The first-order valence-corrected chi connectivity index (χ1v) is 3.40. The summed E-state index contributed by atoms with van der Waals surface area (Å²) in [6.45, 7) is 0. The molecule has 0 atom stereocenters. The Bertz CT molecular complexity index is 235. The number of benzene rings is 1. The topological polar surface area (TPSA) is 9.23 Å². The van der Waals surface area contributed by atoms with Gasteiger partial charge in [-0.05, 0) is 18.2 Å². The van der Waals surface area contributed by atoms with Crippen LogP contribution in [0.4, 0.5) is 0 Å². The first-order valence-electron chi connectivity index (χ1n) is 2.65. The number of methoxy groups -OCH3 is 1. The normalized spacial score (nSPS) is 9.50. The zero-order valence-corrected chi connectivity index (χ0v) is 6.83. The van der Waals surface area contributed by atoms with Crippen LogP contribution in [-0.2, 0) is 0 Å². The van der Waals surface area contributed by atoms with E-state index in [1.165, 1.54) is 7.11 Å². The van der Waals surface area contributed by atoms with Crippen LogP contribution in [0.25, 0.3) is 0 Å². The van der Waals surface area contributed by atoms with Gasteiger partial charge in [0.25, 0.3) is 0 Å². The predicted molar refractivity (Wildman–Crippen MR) is 41.9 cm³/mol. The number of rotatable bonds is 1. The molecule has 0 heterocycles. The minimum absolute atomic E-state index is 0.433. The third-order valence-corrected chi connectivity index (χ3v) is 1.86. The quantitative estimate of drug-likeness (QED) is 0.639. The van der Waals surface area contributed by atoms with E-state index in [9.17, 15) is 0 Å². The average Bonchev–Trinajstić information content (AvgIpc) is 1.95. The molecule has 0 bridgehead atoms. The molecule has 3 heteroatoms. The maximum atomic E-state index is 5.72. The zero-order chi connectivity index (χ0) is 7.56. The summed E-state index contributed by atoms with van der Waals surface area (Å²) in [7, 11) is 1.53. The molecular formula is C7H5Cl2O. The van der Waals surface area contributed by atoms with Crippen molar-refractivity contribution in [2.24, 2.45) is 0 Å². The van der Waals surface area contributed by atoms with Gasteiger partial charge in [0.05, 0.1) is 12.1 Å². The van der Waals surface area contributed by atoms with Gasteiger partial charge in [0.1, 0.15) is 10.8 Å². The van der Waals surface area contributed by atoms with E-state index in [1.54, 1.807) is 12.1 Å². The Hall–Kier alpha value is -0.400. The molecule has 0 amide bonds. The van der Waals surface area contributed by atoms with Crippen LogP contribution in [0.2, 0.25) is 10.0 Å². The first-order chi connectivity index (χ1) is 4.75. The molecule has 0 aliphatic heterocycles. The van der Waals surface area contributed by atoms with Gasteiger partial charge in [-0.3, -0.25) is 0 Å². The van der Waals surface area contributed by atoms with Crippen molar-refractivity contribution in [3.63, 3.8) is 0 Å². The van der Waals surface area contributed by atoms with E-state index >= 15 is 0 Å². The van der Waals surface area contributed by atoms with Crippen molar-refractivity contribution in [3.05, 3.63) is 28.2 Å². The summed E-state index contributed by atoms with van der Waals surface area (Å²) in [5.41, 5.74) is 0. The van der Waals surface area contributed by atoms with Crippen molar-refractivity contribution in [1.29, 1.82) is 0 Å². The SMILES string of the molecule is COc1c[c]cc(Cl)c1Cl. The molecule has 1 aromatic rings. The molecular weight excluding hydrogens is 171 g/mol. The largest absolute Gasteiger partial charge is 0.495 e. The van der Waals surface area contributed by atoms with Crippen LogP contribution in [0, 0.1) is 6.07 Å². The van der Waals surface area contributed by atoms with Gasteiger partial charge in [0.15, 0.2) is 0 Å². The molecule has 1 radical (unpaired) electrons. The lowest BCUT2D eigenvalue weighted by molar-refractivity contribution is 0.415. The Morgan fingerprint density at radius 1 is 1.40 bits per heavy atom. The van der Waals surface area contributed by atoms with Crippen LogP contribution in [0.3, 0.4) is 0 Å². The molecule has 53 valence electrons. The van der Waals surface area contributed by atoms with Crippen molar-refractivity contribution in [1.82, 2.24) is 0 Å². The molecule has 0 N–H and O–H groups in total. The van der Waals surface area contributed by atoms with Crippen LogP contribution in [0.5, 0.6) is 5.75 Å². The minimum Gasteiger partial charge on any atom is -0.495 e. The molecule has 10 heavy (non-hydrogen) atoms. The van der Waals surface area contributed by atoms with Gasteiger partial charge < -0.3 is 4.74 Å². The third kappa shape index (κ3) is 1.36. The van der Waals surface area contributed by atoms with Gasteiger partial charge in [0, 0.05) is 0 Å². The van der Waals surface area contributed by atoms with Crippen LogP contribution in [-0.4, -0.2) is 7.11 Å². The zero-order valence-electron chi connectivity index (χ0n) is 5.32. The second-order valence-electron chi connectivity index (χ2n) is 1.69. The summed E-state index contributed by atoms with van der Waals surface area (Å²) in [5.74, 6) is 0.550. The highest BCUT2D eigenvalue weighted by Crippen LogP contribution is 2.30. The molecule has 0 aliphatic carbocycles. The van der Waals surface area contributed by atoms with Crippen molar-refractivity contribution < 1.29 is 4.74 Å². The van der Waals surface area contributed by atoms with Crippen LogP contribution in [0.1, 0.15) is 0 Å².